The third-order valence-electron chi connectivity index (χ3n) is 3.98. The van der Waals surface area contributed by atoms with E-state index in [0.29, 0.717) is 11.4 Å². The van der Waals surface area contributed by atoms with E-state index < -0.39 is 17.8 Å². The van der Waals surface area contributed by atoms with E-state index >= 15 is 0 Å². The zero-order valence-corrected chi connectivity index (χ0v) is 13.4. The average Bonchev–Trinajstić information content (AvgIpc) is 2.97. The lowest BCUT2D eigenvalue weighted by molar-refractivity contribution is -0.122. The maximum absolute atomic E-state index is 12.7. The van der Waals surface area contributed by atoms with Crippen LogP contribution in [0.1, 0.15) is 18.2 Å². The van der Waals surface area contributed by atoms with Gasteiger partial charge in [0.25, 0.3) is 11.8 Å². The first-order valence-corrected chi connectivity index (χ1v) is 7.63. The maximum atomic E-state index is 12.7. The molecular weight excluding hydrogens is 306 g/mol. The molecular formula is C18H17N3O3. The first kappa shape index (κ1) is 15.7. The summed E-state index contributed by atoms with van der Waals surface area (Å²) in [6, 6.07) is 9.96. The van der Waals surface area contributed by atoms with E-state index in [-0.39, 0.29) is 5.57 Å². The van der Waals surface area contributed by atoms with Gasteiger partial charge in [0.1, 0.15) is 5.57 Å². The summed E-state index contributed by atoms with van der Waals surface area (Å²) in [6.07, 6.45) is 4.15. The minimum atomic E-state index is -0.738. The molecule has 1 aromatic carbocycles. The molecule has 1 fully saturated rings. The Labute approximate surface area is 139 Å². The molecule has 1 aromatic heterocycles. The Hall–Kier alpha value is -3.15. The molecule has 0 saturated carbocycles. The molecule has 1 saturated heterocycles. The van der Waals surface area contributed by atoms with Gasteiger partial charge in [0.05, 0.1) is 5.69 Å². The highest BCUT2D eigenvalue weighted by Crippen LogP contribution is 2.22. The normalized spacial score (nSPS) is 16.7. The second-order valence-electron chi connectivity index (χ2n) is 5.52. The van der Waals surface area contributed by atoms with Crippen LogP contribution >= 0.6 is 0 Å². The van der Waals surface area contributed by atoms with Crippen LogP contribution in [0.4, 0.5) is 10.5 Å². The van der Waals surface area contributed by atoms with E-state index in [0.717, 1.165) is 16.9 Å². The lowest BCUT2D eigenvalue weighted by Crippen LogP contribution is -2.54. The molecule has 0 bridgehead atoms. The number of aromatic nitrogens is 1. The molecule has 4 amide bonds. The summed E-state index contributed by atoms with van der Waals surface area (Å²) in [7, 11) is 1.81. The number of carbonyl (C=O) groups is 3. The first-order chi connectivity index (χ1) is 11.5. The molecule has 6 heteroatoms. The molecule has 0 aliphatic carbocycles. The number of nitrogens with one attached hydrogen (secondary N) is 1. The number of imide groups is 2. The Morgan fingerprint density at radius 1 is 1.08 bits per heavy atom. The molecule has 24 heavy (non-hydrogen) atoms. The Morgan fingerprint density at radius 3 is 2.38 bits per heavy atom. The second-order valence-corrected chi connectivity index (χ2v) is 5.52. The molecule has 1 N–H and O–H groups in total. The number of amides is 4. The number of barbiturate groups is 1. The highest BCUT2D eigenvalue weighted by molar-refractivity contribution is 6.39. The summed E-state index contributed by atoms with van der Waals surface area (Å²) >= 11 is 0. The SMILES string of the molecule is CCc1ccc(N2C(=O)NC(=O)/C(=C\c3cccn3C)C2=O)cc1. The minimum absolute atomic E-state index is 0.0732. The molecule has 6 nitrogen and oxygen atoms in total. The number of nitrogens with zero attached hydrogens (tertiary/aromatic N) is 2. The number of carbonyl (C=O) groups excluding carboxylic acids is 3. The summed E-state index contributed by atoms with van der Waals surface area (Å²) in [5.41, 5.74) is 2.15. The van der Waals surface area contributed by atoms with Gasteiger partial charge < -0.3 is 4.57 Å². The molecule has 3 rings (SSSR count). The van der Waals surface area contributed by atoms with Crippen LogP contribution < -0.4 is 10.2 Å². The molecule has 0 atom stereocenters. The van der Waals surface area contributed by atoms with Gasteiger partial charge in [-0.15, -0.1) is 0 Å². The quantitative estimate of drug-likeness (QED) is 0.695. The van der Waals surface area contributed by atoms with Crippen LogP contribution in [-0.2, 0) is 23.1 Å². The fraction of sp³-hybridized carbons (Fsp3) is 0.167. The third kappa shape index (κ3) is 2.74. The fourth-order valence-electron chi connectivity index (χ4n) is 2.54. The van der Waals surface area contributed by atoms with Crippen LogP contribution in [0, 0.1) is 0 Å². The molecule has 2 aromatic rings. The smallest absolute Gasteiger partial charge is 0.335 e. The van der Waals surface area contributed by atoms with E-state index in [1.54, 1.807) is 22.8 Å². The van der Waals surface area contributed by atoms with Crippen LogP contribution in [0.15, 0.2) is 48.2 Å². The largest absolute Gasteiger partial charge is 0.351 e. The van der Waals surface area contributed by atoms with E-state index in [2.05, 4.69) is 5.32 Å². The predicted octanol–water partition coefficient (Wildman–Crippen LogP) is 2.25. The molecule has 0 unspecified atom stereocenters. The van der Waals surface area contributed by atoms with Gasteiger partial charge in [0.2, 0.25) is 0 Å². The minimum Gasteiger partial charge on any atom is -0.351 e. The van der Waals surface area contributed by atoms with Crippen molar-refractivity contribution in [2.24, 2.45) is 7.05 Å². The highest BCUT2D eigenvalue weighted by atomic mass is 16.2. The topological polar surface area (TPSA) is 71.4 Å². The van der Waals surface area contributed by atoms with Crippen LogP contribution in [0.5, 0.6) is 0 Å². The molecule has 1 aliphatic heterocycles. The molecule has 122 valence electrons. The Bertz CT molecular complexity index is 847. The summed E-state index contributed by atoms with van der Waals surface area (Å²) in [4.78, 5) is 37.9. The van der Waals surface area contributed by atoms with Crippen molar-refractivity contribution >= 4 is 29.6 Å². The number of hydrogen-bond acceptors (Lipinski definition) is 3. The van der Waals surface area contributed by atoms with Crippen LogP contribution in [0.2, 0.25) is 0 Å². The number of urea groups is 1. The summed E-state index contributed by atoms with van der Waals surface area (Å²) in [5, 5.41) is 2.22. The number of rotatable bonds is 3. The van der Waals surface area contributed by atoms with Crippen molar-refractivity contribution in [1.82, 2.24) is 9.88 Å². The van der Waals surface area contributed by atoms with Crippen molar-refractivity contribution in [2.75, 3.05) is 4.90 Å². The Kier molecular flexibility index (Phi) is 4.04. The number of aryl methyl sites for hydroxylation is 2. The fourth-order valence-corrected chi connectivity index (χ4v) is 2.54. The van der Waals surface area contributed by atoms with Crippen LogP contribution in [-0.4, -0.2) is 22.4 Å². The first-order valence-electron chi connectivity index (χ1n) is 7.63. The van der Waals surface area contributed by atoms with Gasteiger partial charge in [-0.1, -0.05) is 19.1 Å². The van der Waals surface area contributed by atoms with E-state index in [9.17, 15) is 14.4 Å². The summed E-state index contributed by atoms with van der Waals surface area (Å²) < 4.78 is 1.78. The van der Waals surface area contributed by atoms with Crippen molar-refractivity contribution < 1.29 is 14.4 Å². The van der Waals surface area contributed by atoms with Crippen LogP contribution in [0.3, 0.4) is 0 Å². The summed E-state index contributed by atoms with van der Waals surface area (Å²) in [6.45, 7) is 2.02. The standard InChI is InChI=1S/C18H17N3O3/c1-3-12-6-8-13(9-7-12)21-17(23)15(16(22)19-18(21)24)11-14-5-4-10-20(14)2/h4-11H,3H2,1-2H3,(H,19,22,24)/b15-11+. The van der Waals surface area contributed by atoms with Gasteiger partial charge in [0, 0.05) is 18.9 Å². The van der Waals surface area contributed by atoms with E-state index in [1.165, 1.54) is 6.08 Å². The highest BCUT2D eigenvalue weighted by Gasteiger charge is 2.36. The maximum Gasteiger partial charge on any atom is 0.335 e. The van der Waals surface area contributed by atoms with Gasteiger partial charge in [-0.25, -0.2) is 9.69 Å². The van der Waals surface area contributed by atoms with Gasteiger partial charge in [-0.3, -0.25) is 14.9 Å². The van der Waals surface area contributed by atoms with Crippen molar-refractivity contribution in [1.29, 1.82) is 0 Å². The Morgan fingerprint density at radius 2 is 1.79 bits per heavy atom. The molecule has 0 spiro atoms. The monoisotopic (exact) mass is 323 g/mol. The number of benzene rings is 1. The van der Waals surface area contributed by atoms with Gasteiger partial charge in [-0.05, 0) is 42.3 Å². The van der Waals surface area contributed by atoms with E-state index in [1.807, 2.05) is 38.4 Å². The number of anilines is 1. The Balaban J connectivity index is 1.99. The zero-order chi connectivity index (χ0) is 17.3. The molecule has 1 aliphatic rings. The van der Waals surface area contributed by atoms with Crippen molar-refractivity contribution in [3.63, 3.8) is 0 Å². The van der Waals surface area contributed by atoms with Gasteiger partial charge >= 0.3 is 6.03 Å². The van der Waals surface area contributed by atoms with Gasteiger partial charge in [-0.2, -0.15) is 0 Å². The lowest BCUT2D eigenvalue weighted by Gasteiger charge is -2.26. The predicted molar refractivity (Wildman–Crippen MR) is 90.2 cm³/mol. The lowest BCUT2D eigenvalue weighted by atomic mass is 10.1. The van der Waals surface area contributed by atoms with Gasteiger partial charge in [0.15, 0.2) is 0 Å². The van der Waals surface area contributed by atoms with Crippen molar-refractivity contribution in [2.45, 2.75) is 13.3 Å². The van der Waals surface area contributed by atoms with Crippen LogP contribution in [0.25, 0.3) is 6.08 Å². The van der Waals surface area contributed by atoms with Crippen molar-refractivity contribution in [3.05, 3.63) is 59.4 Å². The number of hydrogen-bond donors (Lipinski definition) is 1. The third-order valence-corrected chi connectivity index (χ3v) is 3.98. The summed E-state index contributed by atoms with van der Waals surface area (Å²) in [5.74, 6) is -1.32. The van der Waals surface area contributed by atoms with Crippen molar-refractivity contribution in [3.8, 4) is 0 Å². The molecule has 0 radical (unpaired) electrons. The second kappa shape index (κ2) is 6.16. The zero-order valence-electron chi connectivity index (χ0n) is 13.4. The van der Waals surface area contributed by atoms with E-state index in [4.69, 9.17) is 0 Å². The average molecular weight is 323 g/mol. The molecule has 2 heterocycles.